The van der Waals surface area contributed by atoms with Crippen LogP contribution in [0.2, 0.25) is 0 Å². The van der Waals surface area contributed by atoms with Gasteiger partial charge in [-0.15, -0.1) is 0 Å². The quantitative estimate of drug-likeness (QED) is 0.777. The van der Waals surface area contributed by atoms with Crippen LogP contribution in [0.5, 0.6) is 0 Å². The maximum absolute atomic E-state index is 12.6. The lowest BCUT2D eigenvalue weighted by molar-refractivity contribution is -0.147. The molecule has 1 aromatic heterocycles. The largest absolute Gasteiger partial charge is 0.347 e. The number of aryl methyl sites for hydroxylation is 2. The second kappa shape index (κ2) is 7.59. The maximum atomic E-state index is 12.6. The predicted molar refractivity (Wildman–Crippen MR) is 87.9 cm³/mol. The molecule has 1 aromatic rings. The van der Waals surface area contributed by atoms with Crippen LogP contribution in [-0.2, 0) is 16.1 Å². The van der Waals surface area contributed by atoms with Gasteiger partial charge in [-0.3, -0.25) is 9.59 Å². The smallest absolute Gasteiger partial charge is 0.246 e. The molecule has 1 fully saturated rings. The summed E-state index contributed by atoms with van der Waals surface area (Å²) in [5.74, 6) is 1.02. The summed E-state index contributed by atoms with van der Waals surface area (Å²) in [6.45, 7) is 4.75. The van der Waals surface area contributed by atoms with E-state index in [4.69, 9.17) is 0 Å². The molecule has 0 radical (unpaired) electrons. The number of hydrogen-bond donors (Lipinski definition) is 0. The molecule has 7 heteroatoms. The zero-order chi connectivity index (χ0) is 17.0. The van der Waals surface area contributed by atoms with Gasteiger partial charge in [0, 0.05) is 59.1 Å². The summed E-state index contributed by atoms with van der Waals surface area (Å²) < 4.78 is 2.04. The first kappa shape index (κ1) is 17.5. The number of nitrogens with zero attached hydrogens (tertiary/aromatic N) is 5. The molecule has 1 atom stereocenters. The van der Waals surface area contributed by atoms with Crippen LogP contribution in [0, 0.1) is 6.92 Å². The van der Waals surface area contributed by atoms with Gasteiger partial charge in [-0.1, -0.05) is 0 Å². The van der Waals surface area contributed by atoms with E-state index in [1.165, 1.54) is 0 Å². The molecule has 2 amide bonds. The Labute approximate surface area is 137 Å². The molecule has 7 nitrogen and oxygen atoms in total. The Bertz CT molecular complexity index is 554. The van der Waals surface area contributed by atoms with Gasteiger partial charge in [0.25, 0.3) is 0 Å². The molecule has 0 bridgehead atoms. The number of rotatable bonds is 5. The van der Waals surface area contributed by atoms with Gasteiger partial charge in [-0.25, -0.2) is 4.98 Å². The molecule has 2 rings (SSSR count). The van der Waals surface area contributed by atoms with Crippen molar-refractivity contribution in [2.45, 2.75) is 32.4 Å². The molecule has 2 heterocycles. The van der Waals surface area contributed by atoms with E-state index in [9.17, 15) is 9.59 Å². The fourth-order valence-corrected chi connectivity index (χ4v) is 2.91. The second-order valence-electron chi connectivity index (χ2n) is 6.37. The third kappa shape index (κ3) is 4.31. The highest BCUT2D eigenvalue weighted by molar-refractivity contribution is 5.87. The van der Waals surface area contributed by atoms with Crippen LogP contribution in [-0.4, -0.2) is 82.9 Å². The van der Waals surface area contributed by atoms with Crippen LogP contribution in [0.15, 0.2) is 12.4 Å². The van der Waals surface area contributed by atoms with Crippen molar-refractivity contribution in [3.8, 4) is 0 Å². The maximum Gasteiger partial charge on any atom is 0.246 e. The van der Waals surface area contributed by atoms with E-state index in [0.29, 0.717) is 19.5 Å². The van der Waals surface area contributed by atoms with E-state index in [1.807, 2.05) is 24.7 Å². The van der Waals surface area contributed by atoms with Gasteiger partial charge in [0.05, 0.1) is 0 Å². The number of carbonyl (C=O) groups is 2. The van der Waals surface area contributed by atoms with Crippen molar-refractivity contribution in [2.24, 2.45) is 0 Å². The third-order valence-corrected chi connectivity index (χ3v) is 4.34. The van der Waals surface area contributed by atoms with Crippen molar-refractivity contribution >= 4 is 11.8 Å². The van der Waals surface area contributed by atoms with Gasteiger partial charge in [0.1, 0.15) is 11.9 Å². The molecular formula is C16H27N5O2. The molecule has 0 aromatic carbocycles. The molecule has 1 unspecified atom stereocenters. The van der Waals surface area contributed by atoms with Crippen molar-refractivity contribution in [1.29, 1.82) is 0 Å². The number of imidazole rings is 1. The van der Waals surface area contributed by atoms with Gasteiger partial charge in [-0.2, -0.15) is 0 Å². The molecule has 1 saturated heterocycles. The van der Waals surface area contributed by atoms with Crippen LogP contribution in [0.25, 0.3) is 0 Å². The fraction of sp³-hybridized carbons (Fsp3) is 0.688. The first-order valence-corrected chi connectivity index (χ1v) is 8.07. The monoisotopic (exact) mass is 321 g/mol. The minimum Gasteiger partial charge on any atom is -0.347 e. The zero-order valence-electron chi connectivity index (χ0n) is 14.5. The van der Waals surface area contributed by atoms with Crippen LogP contribution in [0.1, 0.15) is 18.7 Å². The summed E-state index contributed by atoms with van der Waals surface area (Å²) in [7, 11) is 5.46. The van der Waals surface area contributed by atoms with E-state index in [1.54, 1.807) is 30.1 Å². The normalized spacial score (nSPS) is 19.0. The van der Waals surface area contributed by atoms with Crippen molar-refractivity contribution in [3.05, 3.63) is 18.2 Å². The number of piperazine rings is 1. The molecule has 128 valence electrons. The minimum absolute atomic E-state index is 0.00430. The Hall–Kier alpha value is -1.89. The number of aromatic nitrogens is 2. The van der Waals surface area contributed by atoms with Crippen molar-refractivity contribution in [3.63, 3.8) is 0 Å². The molecule has 1 aliphatic rings. The van der Waals surface area contributed by atoms with E-state index in [2.05, 4.69) is 9.88 Å². The Morgan fingerprint density at radius 2 is 2.09 bits per heavy atom. The second-order valence-corrected chi connectivity index (χ2v) is 6.37. The summed E-state index contributed by atoms with van der Waals surface area (Å²) in [6.07, 6.45) is 4.90. The summed E-state index contributed by atoms with van der Waals surface area (Å²) in [5, 5.41) is 0. The van der Waals surface area contributed by atoms with Gasteiger partial charge in [0.2, 0.25) is 11.8 Å². The summed E-state index contributed by atoms with van der Waals surface area (Å²) >= 11 is 0. The highest BCUT2D eigenvalue weighted by Gasteiger charge is 2.34. The Kier molecular flexibility index (Phi) is 5.76. The molecule has 0 N–H and O–H groups in total. The Balaban J connectivity index is 1.93. The van der Waals surface area contributed by atoms with Gasteiger partial charge in [-0.05, 0) is 20.4 Å². The molecule has 0 saturated carbocycles. The van der Waals surface area contributed by atoms with Gasteiger partial charge < -0.3 is 19.3 Å². The van der Waals surface area contributed by atoms with E-state index < -0.39 is 0 Å². The summed E-state index contributed by atoms with van der Waals surface area (Å²) in [6, 6.07) is -0.369. The third-order valence-electron chi connectivity index (χ3n) is 4.34. The van der Waals surface area contributed by atoms with E-state index in [-0.39, 0.29) is 17.9 Å². The highest BCUT2D eigenvalue weighted by atomic mass is 16.2. The number of amides is 2. The Morgan fingerprint density at radius 3 is 2.70 bits per heavy atom. The van der Waals surface area contributed by atoms with Crippen LogP contribution >= 0.6 is 0 Å². The molecule has 23 heavy (non-hydrogen) atoms. The van der Waals surface area contributed by atoms with Crippen LogP contribution < -0.4 is 0 Å². The summed E-state index contributed by atoms with van der Waals surface area (Å²) in [4.78, 5) is 34.5. The van der Waals surface area contributed by atoms with Gasteiger partial charge in [0.15, 0.2) is 0 Å². The number of likely N-dealkylation sites (N-methyl/N-ethyl adjacent to an activating group) is 2. The molecule has 0 aliphatic carbocycles. The minimum atomic E-state index is -0.369. The van der Waals surface area contributed by atoms with Crippen LogP contribution in [0.4, 0.5) is 0 Å². The van der Waals surface area contributed by atoms with Gasteiger partial charge >= 0.3 is 0 Å². The first-order chi connectivity index (χ1) is 10.9. The first-order valence-electron chi connectivity index (χ1n) is 8.07. The number of carbonyl (C=O) groups excluding carboxylic acids is 2. The molecule has 0 spiro atoms. The van der Waals surface area contributed by atoms with E-state index >= 15 is 0 Å². The SMILES string of the molecule is Cc1nccn1CCCC(=O)N1CCN(C)CC1C(=O)N(C)C. The Morgan fingerprint density at radius 1 is 1.35 bits per heavy atom. The summed E-state index contributed by atoms with van der Waals surface area (Å²) in [5.41, 5.74) is 0. The molecule has 1 aliphatic heterocycles. The topological polar surface area (TPSA) is 61.7 Å². The van der Waals surface area contributed by atoms with Crippen molar-refractivity contribution in [1.82, 2.24) is 24.3 Å². The van der Waals surface area contributed by atoms with Crippen molar-refractivity contribution in [2.75, 3.05) is 40.8 Å². The zero-order valence-corrected chi connectivity index (χ0v) is 14.5. The lowest BCUT2D eigenvalue weighted by Gasteiger charge is -2.40. The average molecular weight is 321 g/mol. The fourth-order valence-electron chi connectivity index (χ4n) is 2.91. The lowest BCUT2D eigenvalue weighted by atomic mass is 10.1. The van der Waals surface area contributed by atoms with E-state index in [0.717, 1.165) is 25.3 Å². The highest BCUT2D eigenvalue weighted by Crippen LogP contribution is 2.13. The lowest BCUT2D eigenvalue weighted by Crippen LogP contribution is -2.59. The average Bonchev–Trinajstić information content (AvgIpc) is 2.91. The predicted octanol–water partition coefficient (Wildman–Crippen LogP) is 0.203. The molecular weight excluding hydrogens is 294 g/mol. The standard InChI is InChI=1S/C16H27N5O2/c1-13-17-7-9-20(13)8-5-6-15(22)21-11-10-19(4)12-14(21)16(23)18(2)3/h7,9,14H,5-6,8,10-12H2,1-4H3. The van der Waals surface area contributed by atoms with Crippen molar-refractivity contribution < 1.29 is 9.59 Å². The number of hydrogen-bond acceptors (Lipinski definition) is 4. The van der Waals surface area contributed by atoms with Crippen LogP contribution in [0.3, 0.4) is 0 Å².